The molecule has 1 unspecified atom stereocenters. The van der Waals surface area contributed by atoms with E-state index >= 15 is 0 Å². The Kier molecular flexibility index (Phi) is 5.19. The van der Waals surface area contributed by atoms with E-state index in [2.05, 4.69) is 34.9 Å². The van der Waals surface area contributed by atoms with E-state index in [-0.39, 0.29) is 17.6 Å². The highest BCUT2D eigenvalue weighted by Gasteiger charge is 2.37. The molecule has 3 fully saturated rings. The molecule has 2 aliphatic heterocycles. The molecule has 1 atom stereocenters. The maximum Gasteiger partial charge on any atom is 0.274 e. The number of aryl methyl sites for hydroxylation is 1. The first-order chi connectivity index (χ1) is 15.5. The van der Waals surface area contributed by atoms with Gasteiger partial charge in [-0.1, -0.05) is 0 Å². The van der Waals surface area contributed by atoms with Crippen LogP contribution in [0.15, 0.2) is 11.4 Å². The van der Waals surface area contributed by atoms with Crippen molar-refractivity contribution in [3.63, 3.8) is 0 Å². The van der Waals surface area contributed by atoms with Gasteiger partial charge in [0.1, 0.15) is 0 Å². The Morgan fingerprint density at radius 3 is 2.75 bits per heavy atom. The first-order valence-electron chi connectivity index (χ1n) is 12.3. The number of carbonyl (C=O) groups is 1. The maximum absolute atomic E-state index is 13.7. The number of hydrogen-bond donors (Lipinski definition) is 0. The van der Waals surface area contributed by atoms with Crippen LogP contribution in [-0.4, -0.2) is 70.4 Å². The quantitative estimate of drug-likeness (QED) is 0.701. The molecule has 0 N–H and O–H groups in total. The molecular formula is C25H34N4O2S. The molecular weight excluding hydrogens is 420 g/mol. The van der Waals surface area contributed by atoms with E-state index in [9.17, 15) is 4.79 Å². The molecule has 0 spiro atoms. The number of ether oxygens (including phenoxy) is 1. The fourth-order valence-electron chi connectivity index (χ4n) is 5.77. The second kappa shape index (κ2) is 7.96. The zero-order valence-electron chi connectivity index (χ0n) is 19.3. The highest BCUT2D eigenvalue weighted by atomic mass is 32.1. The third-order valence-corrected chi connectivity index (χ3v) is 8.68. The van der Waals surface area contributed by atoms with Gasteiger partial charge in [0.05, 0.1) is 17.3 Å². The Morgan fingerprint density at radius 1 is 1.19 bits per heavy atom. The molecule has 32 heavy (non-hydrogen) atoms. The van der Waals surface area contributed by atoms with Crippen molar-refractivity contribution in [3.05, 3.63) is 27.6 Å². The number of rotatable bonds is 4. The Balaban J connectivity index is 1.31. The number of piperazine rings is 1. The molecule has 1 saturated carbocycles. The molecule has 0 radical (unpaired) electrons. The van der Waals surface area contributed by atoms with Crippen molar-refractivity contribution in [1.82, 2.24) is 19.6 Å². The molecule has 1 amide bonds. The Hall–Kier alpha value is -1.70. The minimum Gasteiger partial charge on any atom is -0.375 e. The van der Waals surface area contributed by atoms with Gasteiger partial charge in [-0.05, 0) is 69.7 Å². The molecule has 2 aliphatic carbocycles. The second-order valence-corrected chi connectivity index (χ2v) is 11.7. The summed E-state index contributed by atoms with van der Waals surface area (Å²) in [6.07, 6.45) is 6.57. The Labute approximate surface area is 194 Å². The summed E-state index contributed by atoms with van der Waals surface area (Å²) in [7, 11) is 0. The number of nitrogens with zero attached hydrogens (tertiary/aromatic N) is 4. The predicted octanol–water partition coefficient (Wildman–Crippen LogP) is 4.01. The van der Waals surface area contributed by atoms with Crippen LogP contribution in [0.25, 0.3) is 11.3 Å². The van der Waals surface area contributed by atoms with Crippen LogP contribution < -0.4 is 0 Å². The van der Waals surface area contributed by atoms with Crippen molar-refractivity contribution < 1.29 is 9.53 Å². The maximum atomic E-state index is 13.7. The van der Waals surface area contributed by atoms with Gasteiger partial charge in [0, 0.05) is 55.3 Å². The molecule has 4 aliphatic rings. The van der Waals surface area contributed by atoms with Gasteiger partial charge < -0.3 is 9.64 Å². The van der Waals surface area contributed by atoms with Crippen molar-refractivity contribution in [3.8, 4) is 11.3 Å². The van der Waals surface area contributed by atoms with Crippen LogP contribution in [-0.2, 0) is 17.6 Å². The lowest BCUT2D eigenvalue weighted by atomic mass is 9.91. The van der Waals surface area contributed by atoms with Crippen molar-refractivity contribution in [2.75, 3.05) is 39.3 Å². The smallest absolute Gasteiger partial charge is 0.274 e. The van der Waals surface area contributed by atoms with Crippen LogP contribution in [0.1, 0.15) is 66.5 Å². The molecule has 0 aromatic carbocycles. The monoisotopic (exact) mass is 454 g/mol. The van der Waals surface area contributed by atoms with Gasteiger partial charge in [0.2, 0.25) is 0 Å². The van der Waals surface area contributed by atoms with Crippen LogP contribution in [0, 0.1) is 5.92 Å². The number of amides is 1. The highest BCUT2D eigenvalue weighted by Crippen LogP contribution is 2.42. The van der Waals surface area contributed by atoms with Gasteiger partial charge in [0.15, 0.2) is 5.69 Å². The number of carbonyl (C=O) groups excluding carboxylic acids is 1. The molecule has 2 aromatic heterocycles. The lowest BCUT2D eigenvalue weighted by Gasteiger charge is -2.36. The van der Waals surface area contributed by atoms with E-state index in [0.717, 1.165) is 64.4 Å². The summed E-state index contributed by atoms with van der Waals surface area (Å²) in [5.74, 6) is 1.04. The number of aromatic nitrogens is 2. The number of thiophene rings is 1. The van der Waals surface area contributed by atoms with E-state index in [1.807, 2.05) is 16.2 Å². The van der Waals surface area contributed by atoms with E-state index in [1.165, 1.54) is 41.1 Å². The summed E-state index contributed by atoms with van der Waals surface area (Å²) in [6.45, 7) is 9.92. The fraction of sp³-hybridized carbons (Fsp3) is 0.680. The third-order valence-electron chi connectivity index (χ3n) is 7.70. The van der Waals surface area contributed by atoms with Gasteiger partial charge in [-0.3, -0.25) is 14.4 Å². The van der Waals surface area contributed by atoms with E-state index in [0.29, 0.717) is 5.69 Å². The summed E-state index contributed by atoms with van der Waals surface area (Å²) >= 11 is 1.83. The van der Waals surface area contributed by atoms with Crippen LogP contribution in [0.3, 0.4) is 0 Å². The number of hydrogen-bond acceptors (Lipinski definition) is 5. The normalized spacial score (nSPS) is 25.4. The first-order valence-corrected chi connectivity index (χ1v) is 13.2. The van der Waals surface area contributed by atoms with Crippen LogP contribution in [0.2, 0.25) is 0 Å². The lowest BCUT2D eigenvalue weighted by molar-refractivity contribution is -0.0705. The van der Waals surface area contributed by atoms with Crippen molar-refractivity contribution >= 4 is 17.2 Å². The standard InChI is InChI=1S/C25H34N4O2S/c1-25(2)15-18(7-13-31-25)29-23-19-8-14-32-21(19)6-5-20(23)22(26-29)24(30)28-11-9-27(10-12-28)16-17-3-4-17/h8,14,17-18H,3-7,9-13,15-16H2,1-2H3. The van der Waals surface area contributed by atoms with E-state index < -0.39 is 0 Å². The molecule has 4 heterocycles. The average Bonchev–Trinajstić information content (AvgIpc) is 3.31. The Morgan fingerprint density at radius 2 is 2.00 bits per heavy atom. The molecule has 6 rings (SSSR count). The van der Waals surface area contributed by atoms with E-state index in [1.54, 1.807) is 0 Å². The van der Waals surface area contributed by atoms with Crippen molar-refractivity contribution in [2.45, 2.75) is 64.0 Å². The topological polar surface area (TPSA) is 50.6 Å². The van der Waals surface area contributed by atoms with Crippen LogP contribution in [0.4, 0.5) is 0 Å². The van der Waals surface area contributed by atoms with Crippen LogP contribution >= 0.6 is 11.3 Å². The zero-order valence-corrected chi connectivity index (χ0v) is 20.1. The SMILES string of the molecule is CC1(C)CC(n2nc(C(=O)N3CCN(CC4CC4)CC3)c3c2-c2ccsc2CC3)CCO1. The average molecular weight is 455 g/mol. The second-order valence-electron chi connectivity index (χ2n) is 10.7. The van der Waals surface area contributed by atoms with Crippen molar-refractivity contribution in [1.29, 1.82) is 0 Å². The Bertz CT molecular complexity index is 1010. The minimum atomic E-state index is -0.157. The zero-order chi connectivity index (χ0) is 21.9. The summed E-state index contributed by atoms with van der Waals surface area (Å²) < 4.78 is 8.20. The molecule has 7 heteroatoms. The van der Waals surface area contributed by atoms with E-state index in [4.69, 9.17) is 9.84 Å². The first kappa shape index (κ1) is 20.9. The minimum absolute atomic E-state index is 0.135. The van der Waals surface area contributed by atoms with Gasteiger partial charge in [-0.25, -0.2) is 0 Å². The summed E-state index contributed by atoms with van der Waals surface area (Å²) in [5, 5.41) is 7.26. The molecule has 2 aromatic rings. The fourth-order valence-corrected chi connectivity index (χ4v) is 6.65. The summed E-state index contributed by atoms with van der Waals surface area (Å²) in [5.41, 5.74) is 4.21. The number of fused-ring (bicyclic) bond motifs is 3. The predicted molar refractivity (Wildman–Crippen MR) is 126 cm³/mol. The van der Waals surface area contributed by atoms with Gasteiger partial charge in [-0.2, -0.15) is 5.10 Å². The third kappa shape index (κ3) is 3.82. The highest BCUT2D eigenvalue weighted by molar-refractivity contribution is 7.10. The largest absolute Gasteiger partial charge is 0.375 e. The van der Waals surface area contributed by atoms with Gasteiger partial charge in [0.25, 0.3) is 5.91 Å². The van der Waals surface area contributed by atoms with Gasteiger partial charge >= 0.3 is 0 Å². The molecule has 6 nitrogen and oxygen atoms in total. The molecule has 2 saturated heterocycles. The summed E-state index contributed by atoms with van der Waals surface area (Å²) in [6, 6.07) is 2.50. The molecule has 172 valence electrons. The lowest BCUT2D eigenvalue weighted by Crippen LogP contribution is -2.49. The van der Waals surface area contributed by atoms with Crippen molar-refractivity contribution in [2.24, 2.45) is 5.92 Å². The molecule has 0 bridgehead atoms. The summed E-state index contributed by atoms with van der Waals surface area (Å²) in [4.78, 5) is 19.7. The van der Waals surface area contributed by atoms with Crippen LogP contribution in [0.5, 0.6) is 0 Å². The van der Waals surface area contributed by atoms with Gasteiger partial charge in [-0.15, -0.1) is 11.3 Å².